The van der Waals surface area contributed by atoms with E-state index in [0.29, 0.717) is 0 Å². The van der Waals surface area contributed by atoms with Crippen LogP contribution >= 0.6 is 0 Å². The molecule has 0 saturated carbocycles. The van der Waals surface area contributed by atoms with E-state index in [9.17, 15) is 8.78 Å². The molecule has 0 fully saturated rings. The lowest BCUT2D eigenvalue weighted by Crippen LogP contribution is -1.99. The van der Waals surface area contributed by atoms with Gasteiger partial charge in [-0.15, -0.1) is 0 Å². The molecule has 2 aromatic carbocycles. The van der Waals surface area contributed by atoms with Gasteiger partial charge in [0.2, 0.25) is 0 Å². The Morgan fingerprint density at radius 1 is 1.00 bits per heavy atom. The Kier molecular flexibility index (Phi) is 4.70. The Balaban J connectivity index is 2.04. The lowest BCUT2D eigenvalue weighted by Gasteiger charge is -2.08. The van der Waals surface area contributed by atoms with Gasteiger partial charge in [-0.05, 0) is 29.8 Å². The summed E-state index contributed by atoms with van der Waals surface area (Å²) in [6.07, 6.45) is 0. The molecule has 0 bridgehead atoms. The van der Waals surface area contributed by atoms with Crippen LogP contribution in [-0.2, 0) is 6.61 Å². The SMILES string of the molecule is OCC#Cc1ccc(COc2c(F)cccc2F)cc1. The van der Waals surface area contributed by atoms with Crippen LogP contribution in [0, 0.1) is 23.5 Å². The molecule has 0 atom stereocenters. The third-order valence-electron chi connectivity index (χ3n) is 2.57. The van der Waals surface area contributed by atoms with E-state index < -0.39 is 11.6 Å². The Hall–Kier alpha value is -2.38. The molecule has 102 valence electrons. The molecule has 0 heterocycles. The first kappa shape index (κ1) is 14.0. The van der Waals surface area contributed by atoms with Crippen LogP contribution < -0.4 is 4.74 Å². The van der Waals surface area contributed by atoms with Crippen LogP contribution in [0.15, 0.2) is 42.5 Å². The summed E-state index contributed by atoms with van der Waals surface area (Å²) in [6.45, 7) is -0.136. The van der Waals surface area contributed by atoms with Crippen molar-refractivity contribution in [1.29, 1.82) is 0 Å². The summed E-state index contributed by atoms with van der Waals surface area (Å²) >= 11 is 0. The van der Waals surface area contributed by atoms with Gasteiger partial charge in [-0.25, -0.2) is 8.78 Å². The molecule has 0 unspecified atom stereocenters. The molecule has 0 spiro atoms. The lowest BCUT2D eigenvalue weighted by atomic mass is 10.1. The molecule has 0 saturated heterocycles. The van der Waals surface area contributed by atoms with Crippen molar-refractivity contribution in [3.05, 3.63) is 65.2 Å². The largest absolute Gasteiger partial charge is 0.483 e. The second-order valence-corrected chi connectivity index (χ2v) is 4.00. The average Bonchev–Trinajstić information content (AvgIpc) is 2.46. The van der Waals surface area contributed by atoms with Gasteiger partial charge in [0.25, 0.3) is 0 Å². The van der Waals surface area contributed by atoms with Gasteiger partial charge in [0, 0.05) is 5.56 Å². The van der Waals surface area contributed by atoms with E-state index in [4.69, 9.17) is 9.84 Å². The molecular formula is C16H12F2O2. The van der Waals surface area contributed by atoms with Crippen LogP contribution in [0.4, 0.5) is 8.78 Å². The van der Waals surface area contributed by atoms with Crippen molar-refractivity contribution in [2.75, 3.05) is 6.61 Å². The number of aliphatic hydroxyl groups excluding tert-OH is 1. The molecule has 1 N–H and O–H groups in total. The predicted molar refractivity (Wildman–Crippen MR) is 71.1 cm³/mol. The van der Waals surface area contributed by atoms with Crippen molar-refractivity contribution in [2.45, 2.75) is 6.61 Å². The van der Waals surface area contributed by atoms with E-state index in [1.165, 1.54) is 6.07 Å². The van der Waals surface area contributed by atoms with Crippen molar-refractivity contribution in [1.82, 2.24) is 0 Å². The van der Waals surface area contributed by atoms with E-state index in [1.807, 2.05) is 0 Å². The van der Waals surface area contributed by atoms with E-state index in [0.717, 1.165) is 23.3 Å². The van der Waals surface area contributed by atoms with Gasteiger partial charge < -0.3 is 9.84 Å². The molecule has 4 heteroatoms. The van der Waals surface area contributed by atoms with E-state index in [1.54, 1.807) is 24.3 Å². The second kappa shape index (κ2) is 6.69. The fourth-order valence-corrected chi connectivity index (χ4v) is 1.60. The number of hydrogen-bond donors (Lipinski definition) is 1. The van der Waals surface area contributed by atoms with E-state index in [2.05, 4.69) is 11.8 Å². The Labute approximate surface area is 115 Å². The maximum atomic E-state index is 13.3. The monoisotopic (exact) mass is 274 g/mol. The Morgan fingerprint density at radius 3 is 2.25 bits per heavy atom. The van der Waals surface area contributed by atoms with E-state index >= 15 is 0 Å². The number of rotatable bonds is 3. The highest BCUT2D eigenvalue weighted by Gasteiger charge is 2.09. The summed E-state index contributed by atoms with van der Waals surface area (Å²) in [5.41, 5.74) is 1.52. The molecule has 2 aromatic rings. The number of para-hydroxylation sites is 1. The number of aliphatic hydroxyl groups is 1. The molecule has 20 heavy (non-hydrogen) atoms. The number of hydrogen-bond acceptors (Lipinski definition) is 2. The quantitative estimate of drug-likeness (QED) is 0.872. The zero-order valence-corrected chi connectivity index (χ0v) is 10.6. The minimum atomic E-state index is -0.726. The molecule has 0 aromatic heterocycles. The van der Waals surface area contributed by atoms with Crippen LogP contribution in [0.1, 0.15) is 11.1 Å². The first-order chi connectivity index (χ1) is 9.70. The van der Waals surface area contributed by atoms with Gasteiger partial charge in [0.15, 0.2) is 17.4 Å². The van der Waals surface area contributed by atoms with Gasteiger partial charge in [-0.2, -0.15) is 0 Å². The van der Waals surface area contributed by atoms with Crippen molar-refractivity contribution < 1.29 is 18.6 Å². The summed E-state index contributed by atoms with van der Waals surface area (Å²) in [5, 5.41) is 8.58. The molecule has 2 nitrogen and oxygen atoms in total. The van der Waals surface area contributed by atoms with Gasteiger partial charge >= 0.3 is 0 Å². The third-order valence-corrected chi connectivity index (χ3v) is 2.57. The summed E-state index contributed by atoms with van der Waals surface area (Å²) < 4.78 is 31.8. The fourth-order valence-electron chi connectivity index (χ4n) is 1.60. The average molecular weight is 274 g/mol. The van der Waals surface area contributed by atoms with E-state index in [-0.39, 0.29) is 19.0 Å². The number of halogens is 2. The van der Waals surface area contributed by atoms with Gasteiger partial charge in [0.1, 0.15) is 13.2 Å². The molecule has 0 radical (unpaired) electrons. The zero-order chi connectivity index (χ0) is 14.4. The summed E-state index contributed by atoms with van der Waals surface area (Å²) in [6, 6.07) is 10.6. The maximum Gasteiger partial charge on any atom is 0.191 e. The topological polar surface area (TPSA) is 29.5 Å². The highest BCUT2D eigenvalue weighted by atomic mass is 19.1. The molecule has 0 aliphatic rings. The third kappa shape index (κ3) is 3.56. The van der Waals surface area contributed by atoms with Crippen molar-refractivity contribution >= 4 is 0 Å². The van der Waals surface area contributed by atoms with Gasteiger partial charge in [-0.1, -0.05) is 30.0 Å². The standard InChI is InChI=1S/C16H12F2O2/c17-14-4-1-5-15(18)16(14)20-11-13-8-6-12(7-9-13)3-2-10-19/h1,4-9,19H,10-11H2. The van der Waals surface area contributed by atoms with Gasteiger partial charge in [-0.3, -0.25) is 0 Å². The first-order valence-corrected chi connectivity index (χ1v) is 5.96. The fraction of sp³-hybridized carbons (Fsp3) is 0.125. The lowest BCUT2D eigenvalue weighted by molar-refractivity contribution is 0.274. The van der Waals surface area contributed by atoms with Crippen LogP contribution in [0.5, 0.6) is 5.75 Å². The second-order valence-electron chi connectivity index (χ2n) is 4.00. The van der Waals surface area contributed by atoms with Crippen molar-refractivity contribution in [3.8, 4) is 17.6 Å². The molecule has 0 aliphatic carbocycles. The van der Waals surface area contributed by atoms with Crippen LogP contribution in [-0.4, -0.2) is 11.7 Å². The molecular weight excluding hydrogens is 262 g/mol. The van der Waals surface area contributed by atoms with Gasteiger partial charge in [0.05, 0.1) is 0 Å². The Morgan fingerprint density at radius 2 is 1.65 bits per heavy atom. The van der Waals surface area contributed by atoms with Crippen molar-refractivity contribution in [3.63, 3.8) is 0 Å². The van der Waals surface area contributed by atoms with Crippen LogP contribution in [0.2, 0.25) is 0 Å². The smallest absolute Gasteiger partial charge is 0.191 e. The molecule has 2 rings (SSSR count). The highest BCUT2D eigenvalue weighted by molar-refractivity contribution is 5.36. The minimum absolute atomic E-state index is 0.0611. The summed E-state index contributed by atoms with van der Waals surface area (Å²) in [4.78, 5) is 0. The molecule has 0 amide bonds. The summed E-state index contributed by atoms with van der Waals surface area (Å²) in [7, 11) is 0. The summed E-state index contributed by atoms with van der Waals surface area (Å²) in [5.74, 6) is 3.45. The highest BCUT2D eigenvalue weighted by Crippen LogP contribution is 2.22. The normalized spacial score (nSPS) is 9.75. The predicted octanol–water partition coefficient (Wildman–Crippen LogP) is 2.89. The maximum absolute atomic E-state index is 13.3. The van der Waals surface area contributed by atoms with Crippen LogP contribution in [0.25, 0.3) is 0 Å². The number of benzene rings is 2. The zero-order valence-electron chi connectivity index (χ0n) is 10.6. The van der Waals surface area contributed by atoms with Crippen molar-refractivity contribution in [2.24, 2.45) is 0 Å². The van der Waals surface area contributed by atoms with Crippen LogP contribution in [0.3, 0.4) is 0 Å². The minimum Gasteiger partial charge on any atom is -0.483 e. The first-order valence-electron chi connectivity index (χ1n) is 5.96. The molecule has 0 aliphatic heterocycles. The Bertz CT molecular complexity index is 620. The number of ether oxygens (including phenoxy) is 1.